The second-order valence-corrected chi connectivity index (χ2v) is 9.34. The van der Waals surface area contributed by atoms with E-state index < -0.39 is 17.6 Å². The number of unbranched alkanes of at least 4 members (excludes halogenated alkanes) is 7. The van der Waals surface area contributed by atoms with Gasteiger partial charge in [0.05, 0.1) is 6.61 Å². The Balaban J connectivity index is 1.92. The van der Waals surface area contributed by atoms with Crippen LogP contribution >= 0.6 is 0 Å². The molecule has 0 saturated carbocycles. The summed E-state index contributed by atoms with van der Waals surface area (Å²) >= 11 is 0. The summed E-state index contributed by atoms with van der Waals surface area (Å²) in [5, 5.41) is 0. The minimum atomic E-state index is -4.67. The number of hydrogen-bond donors (Lipinski definition) is 0. The van der Waals surface area contributed by atoms with Crippen LogP contribution in [-0.4, -0.2) is 18.8 Å². The summed E-state index contributed by atoms with van der Waals surface area (Å²) in [5.74, 6) is -0.355. The summed E-state index contributed by atoms with van der Waals surface area (Å²) < 4.78 is 51.9. The summed E-state index contributed by atoms with van der Waals surface area (Å²) in [6.07, 6.45) is 4.05. The highest BCUT2D eigenvalue weighted by molar-refractivity contribution is 5.80. The second kappa shape index (κ2) is 14.2. The van der Waals surface area contributed by atoms with E-state index in [1.807, 2.05) is 31.2 Å². The lowest BCUT2D eigenvalue weighted by molar-refractivity contribution is -0.226. The fraction of sp³-hybridized carbons (Fsp3) is 0.552. The molecule has 0 bridgehead atoms. The number of alkyl halides is 3. The van der Waals surface area contributed by atoms with E-state index in [1.54, 1.807) is 12.1 Å². The molecule has 3 nitrogen and oxygen atoms in total. The van der Waals surface area contributed by atoms with Gasteiger partial charge in [-0.15, -0.1) is 0 Å². The number of ether oxygens (including phenoxy) is 2. The molecule has 1 atom stereocenters. The second-order valence-electron chi connectivity index (χ2n) is 9.34. The average molecular weight is 493 g/mol. The standard InChI is InChI=1S/C29H39F3O3/c1-4-6-8-9-10-12-22-34-25-17-13-23(14-18-25)24-15-19-26(20-16-24)35-27(33)28(3,29(30,31)32)21-11-7-5-2/h13-20H,4-12,21-22H2,1-3H3. The molecule has 0 heterocycles. The Morgan fingerprint density at radius 3 is 1.74 bits per heavy atom. The first-order valence-corrected chi connectivity index (χ1v) is 12.8. The van der Waals surface area contributed by atoms with Gasteiger partial charge in [0, 0.05) is 0 Å². The van der Waals surface area contributed by atoms with Crippen LogP contribution in [0.1, 0.15) is 85.0 Å². The Bertz CT molecular complexity index is 876. The number of halogens is 3. The van der Waals surface area contributed by atoms with Crippen LogP contribution in [-0.2, 0) is 4.79 Å². The first kappa shape index (κ1) is 28.7. The number of esters is 1. The summed E-state index contributed by atoms with van der Waals surface area (Å²) in [6, 6.07) is 14.2. The highest BCUT2D eigenvalue weighted by Crippen LogP contribution is 2.43. The predicted molar refractivity (Wildman–Crippen MR) is 135 cm³/mol. The van der Waals surface area contributed by atoms with E-state index >= 15 is 0 Å². The van der Waals surface area contributed by atoms with Crippen LogP contribution in [0, 0.1) is 5.41 Å². The Kier molecular flexibility index (Phi) is 11.6. The first-order chi connectivity index (χ1) is 16.7. The third-order valence-corrected chi connectivity index (χ3v) is 6.38. The van der Waals surface area contributed by atoms with Gasteiger partial charge in [0.15, 0.2) is 5.41 Å². The van der Waals surface area contributed by atoms with Crippen molar-refractivity contribution in [3.63, 3.8) is 0 Å². The van der Waals surface area contributed by atoms with E-state index in [-0.39, 0.29) is 12.2 Å². The smallest absolute Gasteiger partial charge is 0.404 e. The molecule has 35 heavy (non-hydrogen) atoms. The fourth-order valence-electron chi connectivity index (χ4n) is 3.84. The molecule has 0 aromatic heterocycles. The van der Waals surface area contributed by atoms with Crippen molar-refractivity contribution in [1.29, 1.82) is 0 Å². The van der Waals surface area contributed by atoms with Crippen LogP contribution in [0.4, 0.5) is 13.2 Å². The lowest BCUT2D eigenvalue weighted by Crippen LogP contribution is -2.45. The molecule has 6 heteroatoms. The number of carbonyl (C=O) groups excluding carboxylic acids is 1. The van der Waals surface area contributed by atoms with Crippen molar-refractivity contribution >= 4 is 5.97 Å². The predicted octanol–water partition coefficient (Wildman–Crippen LogP) is 9.15. The van der Waals surface area contributed by atoms with Crippen molar-refractivity contribution in [3.05, 3.63) is 48.5 Å². The lowest BCUT2D eigenvalue weighted by Gasteiger charge is -2.29. The van der Waals surface area contributed by atoms with Crippen molar-refractivity contribution < 1.29 is 27.4 Å². The molecule has 0 radical (unpaired) electrons. The van der Waals surface area contributed by atoms with Gasteiger partial charge in [0.25, 0.3) is 0 Å². The maximum Gasteiger partial charge on any atom is 0.404 e. The molecule has 0 aliphatic carbocycles. The van der Waals surface area contributed by atoms with Crippen molar-refractivity contribution in [1.82, 2.24) is 0 Å². The van der Waals surface area contributed by atoms with Crippen LogP contribution in [0.3, 0.4) is 0 Å². The fourth-order valence-corrected chi connectivity index (χ4v) is 3.84. The van der Waals surface area contributed by atoms with Crippen LogP contribution in [0.5, 0.6) is 11.5 Å². The Labute approximate surface area is 208 Å². The van der Waals surface area contributed by atoms with E-state index in [0.717, 1.165) is 36.6 Å². The zero-order valence-corrected chi connectivity index (χ0v) is 21.3. The molecular formula is C29H39F3O3. The summed E-state index contributed by atoms with van der Waals surface area (Å²) in [4.78, 5) is 12.5. The first-order valence-electron chi connectivity index (χ1n) is 12.8. The van der Waals surface area contributed by atoms with Crippen molar-refractivity contribution in [2.24, 2.45) is 5.41 Å². The minimum absolute atomic E-state index is 0.101. The van der Waals surface area contributed by atoms with E-state index in [4.69, 9.17) is 9.47 Å². The molecule has 2 aromatic rings. The summed E-state index contributed by atoms with van der Waals surface area (Å²) in [6.45, 7) is 5.73. The van der Waals surface area contributed by atoms with Gasteiger partial charge < -0.3 is 9.47 Å². The Morgan fingerprint density at radius 2 is 1.20 bits per heavy atom. The van der Waals surface area contributed by atoms with E-state index in [1.165, 1.54) is 44.2 Å². The molecule has 2 aromatic carbocycles. The van der Waals surface area contributed by atoms with Crippen molar-refractivity contribution in [2.45, 2.75) is 91.2 Å². The van der Waals surface area contributed by atoms with Gasteiger partial charge in [0.2, 0.25) is 0 Å². The highest BCUT2D eigenvalue weighted by Gasteiger charge is 2.57. The number of rotatable bonds is 15. The quantitative estimate of drug-likeness (QED) is 0.141. The molecule has 1 unspecified atom stereocenters. The lowest BCUT2D eigenvalue weighted by atomic mass is 9.84. The van der Waals surface area contributed by atoms with Crippen LogP contribution in [0.2, 0.25) is 0 Å². The molecular weight excluding hydrogens is 453 g/mol. The van der Waals surface area contributed by atoms with Crippen LogP contribution < -0.4 is 9.47 Å². The third kappa shape index (κ3) is 8.90. The van der Waals surface area contributed by atoms with E-state index in [9.17, 15) is 18.0 Å². The molecule has 0 aliphatic heterocycles. The number of benzene rings is 2. The molecule has 0 amide bonds. The molecule has 0 aliphatic rings. The minimum Gasteiger partial charge on any atom is -0.494 e. The normalized spacial score (nSPS) is 13.3. The Morgan fingerprint density at radius 1 is 0.714 bits per heavy atom. The summed E-state index contributed by atoms with van der Waals surface area (Å²) in [5.41, 5.74) is -0.713. The zero-order chi connectivity index (χ0) is 25.7. The van der Waals surface area contributed by atoms with Crippen molar-refractivity contribution in [2.75, 3.05) is 6.61 Å². The van der Waals surface area contributed by atoms with Crippen molar-refractivity contribution in [3.8, 4) is 22.6 Å². The summed E-state index contributed by atoms with van der Waals surface area (Å²) in [7, 11) is 0. The monoisotopic (exact) mass is 492 g/mol. The average Bonchev–Trinajstić information content (AvgIpc) is 2.83. The largest absolute Gasteiger partial charge is 0.494 e. The molecule has 0 N–H and O–H groups in total. The molecule has 2 rings (SSSR count). The van der Waals surface area contributed by atoms with Gasteiger partial charge in [-0.25, -0.2) is 0 Å². The molecule has 194 valence electrons. The highest BCUT2D eigenvalue weighted by atomic mass is 19.4. The van der Waals surface area contributed by atoms with Gasteiger partial charge in [-0.05, 0) is 55.2 Å². The topological polar surface area (TPSA) is 35.5 Å². The van der Waals surface area contributed by atoms with E-state index in [0.29, 0.717) is 19.4 Å². The van der Waals surface area contributed by atoms with E-state index in [2.05, 4.69) is 6.92 Å². The van der Waals surface area contributed by atoms with Gasteiger partial charge in [-0.2, -0.15) is 13.2 Å². The van der Waals surface area contributed by atoms with Gasteiger partial charge in [0.1, 0.15) is 11.5 Å². The molecule has 0 fully saturated rings. The van der Waals surface area contributed by atoms with Gasteiger partial charge in [-0.3, -0.25) is 4.79 Å². The molecule has 0 saturated heterocycles. The number of hydrogen-bond acceptors (Lipinski definition) is 3. The zero-order valence-electron chi connectivity index (χ0n) is 21.3. The SMILES string of the molecule is CCCCCCCCOc1ccc(-c2ccc(OC(=O)C(C)(CCCCC)C(F)(F)F)cc2)cc1. The number of carbonyl (C=O) groups is 1. The molecule has 0 spiro atoms. The van der Waals surface area contributed by atoms with Gasteiger partial charge >= 0.3 is 12.1 Å². The maximum atomic E-state index is 13.7. The maximum absolute atomic E-state index is 13.7. The van der Waals surface area contributed by atoms with Gasteiger partial charge in [-0.1, -0.05) is 89.5 Å². The third-order valence-electron chi connectivity index (χ3n) is 6.38. The van der Waals surface area contributed by atoms with Crippen LogP contribution in [0.25, 0.3) is 11.1 Å². The Hall–Kier alpha value is -2.50. The van der Waals surface area contributed by atoms with Crippen LogP contribution in [0.15, 0.2) is 48.5 Å².